The van der Waals surface area contributed by atoms with Gasteiger partial charge in [-0.15, -0.1) is 0 Å². The lowest BCUT2D eigenvalue weighted by Gasteiger charge is -2.46. The van der Waals surface area contributed by atoms with Gasteiger partial charge in [0, 0.05) is 19.1 Å². The molecule has 1 aliphatic carbocycles. The Morgan fingerprint density at radius 3 is 2.67 bits per heavy atom. The first-order valence-electron chi connectivity index (χ1n) is 8.90. The average Bonchev–Trinajstić information content (AvgIpc) is 2.37. The normalized spacial score (nSPS) is 25.7. The summed E-state index contributed by atoms with van der Waals surface area (Å²) in [5, 5.41) is 3.83. The molecule has 0 amide bonds. The summed E-state index contributed by atoms with van der Waals surface area (Å²) in [6.45, 7) is 15.6. The highest BCUT2D eigenvalue weighted by molar-refractivity contribution is 4.94. The Hall–Kier alpha value is -0.120. The van der Waals surface area contributed by atoms with Gasteiger partial charge in [-0.05, 0) is 58.0 Å². The third-order valence-corrected chi connectivity index (χ3v) is 4.79. The lowest BCUT2D eigenvalue weighted by atomic mass is 9.67. The summed E-state index contributed by atoms with van der Waals surface area (Å²) < 4.78 is 5.68. The van der Waals surface area contributed by atoms with E-state index in [1.54, 1.807) is 0 Å². The van der Waals surface area contributed by atoms with E-state index in [9.17, 15) is 0 Å². The first kappa shape index (κ1) is 18.9. The number of ether oxygens (including phenoxy) is 1. The topological polar surface area (TPSA) is 24.5 Å². The molecular formula is C18H38N2O. The molecule has 1 saturated carbocycles. The first-order chi connectivity index (χ1) is 9.86. The van der Waals surface area contributed by atoms with Gasteiger partial charge in [-0.25, -0.2) is 0 Å². The largest absolute Gasteiger partial charge is 0.377 e. The van der Waals surface area contributed by atoms with Gasteiger partial charge in [0.2, 0.25) is 0 Å². The number of nitrogens with zero attached hydrogens (tertiary/aromatic N) is 1. The Balaban J connectivity index is 2.48. The highest BCUT2D eigenvalue weighted by atomic mass is 16.5. The summed E-state index contributed by atoms with van der Waals surface area (Å²) in [6.07, 6.45) is 5.65. The molecule has 1 rings (SSSR count). The molecule has 0 aromatic rings. The molecule has 2 unspecified atom stereocenters. The fourth-order valence-corrected chi connectivity index (χ4v) is 3.66. The Morgan fingerprint density at radius 1 is 1.33 bits per heavy atom. The second kappa shape index (κ2) is 9.12. The van der Waals surface area contributed by atoms with Crippen molar-refractivity contribution in [3.8, 4) is 0 Å². The van der Waals surface area contributed by atoms with Crippen molar-refractivity contribution in [1.29, 1.82) is 0 Å². The van der Waals surface area contributed by atoms with Crippen LogP contribution in [-0.4, -0.2) is 50.3 Å². The molecule has 0 aliphatic heterocycles. The van der Waals surface area contributed by atoms with Gasteiger partial charge in [0.05, 0.1) is 12.7 Å². The predicted octanol–water partition coefficient (Wildman–Crippen LogP) is 3.54. The smallest absolute Gasteiger partial charge is 0.0596 e. The molecule has 0 heterocycles. The van der Waals surface area contributed by atoms with E-state index in [0.29, 0.717) is 17.6 Å². The molecule has 0 bridgehead atoms. The predicted molar refractivity (Wildman–Crippen MR) is 91.8 cm³/mol. The minimum atomic E-state index is 0.339. The molecule has 3 heteroatoms. The van der Waals surface area contributed by atoms with Crippen LogP contribution in [-0.2, 0) is 4.74 Å². The number of hydrogen-bond donors (Lipinski definition) is 1. The van der Waals surface area contributed by atoms with Crippen LogP contribution < -0.4 is 5.32 Å². The van der Waals surface area contributed by atoms with Crippen molar-refractivity contribution in [3.05, 3.63) is 0 Å². The van der Waals surface area contributed by atoms with E-state index in [2.05, 4.69) is 51.9 Å². The summed E-state index contributed by atoms with van der Waals surface area (Å²) in [4.78, 5) is 2.45. The van der Waals surface area contributed by atoms with Crippen molar-refractivity contribution in [2.75, 3.05) is 33.3 Å². The Labute approximate surface area is 132 Å². The lowest BCUT2D eigenvalue weighted by molar-refractivity contribution is 0.0474. The highest BCUT2D eigenvalue weighted by Crippen LogP contribution is 2.39. The highest BCUT2D eigenvalue weighted by Gasteiger charge is 2.38. The molecular weight excluding hydrogens is 260 g/mol. The summed E-state index contributed by atoms with van der Waals surface area (Å²) in [7, 11) is 2.24. The molecule has 0 radical (unpaired) electrons. The van der Waals surface area contributed by atoms with Gasteiger partial charge < -0.3 is 15.0 Å². The quantitative estimate of drug-likeness (QED) is 0.704. The zero-order valence-corrected chi connectivity index (χ0v) is 15.2. The third kappa shape index (κ3) is 6.66. The first-order valence-corrected chi connectivity index (χ1v) is 8.90. The van der Waals surface area contributed by atoms with Crippen molar-refractivity contribution < 1.29 is 4.74 Å². The van der Waals surface area contributed by atoms with Crippen LogP contribution in [0.3, 0.4) is 0 Å². The van der Waals surface area contributed by atoms with Gasteiger partial charge in [-0.3, -0.25) is 0 Å². The van der Waals surface area contributed by atoms with Crippen LogP contribution >= 0.6 is 0 Å². The number of nitrogens with one attached hydrogen (secondary N) is 1. The average molecular weight is 299 g/mol. The molecule has 0 aromatic heterocycles. The van der Waals surface area contributed by atoms with E-state index >= 15 is 0 Å². The van der Waals surface area contributed by atoms with E-state index in [0.717, 1.165) is 25.6 Å². The summed E-state index contributed by atoms with van der Waals surface area (Å²) >= 11 is 0. The summed E-state index contributed by atoms with van der Waals surface area (Å²) in [5.41, 5.74) is 0.424. The standard InChI is InChI=1S/C18H38N2O/c1-7-11-19-17-16(9-8-10-18(17,4)5)14-20(6)12-13-21-15(2)3/h15-17,19H,7-14H2,1-6H3. The molecule has 0 saturated heterocycles. The van der Waals surface area contributed by atoms with Gasteiger partial charge in [0.15, 0.2) is 0 Å². The monoisotopic (exact) mass is 298 g/mol. The summed E-state index contributed by atoms with van der Waals surface area (Å²) in [6, 6.07) is 0.652. The van der Waals surface area contributed by atoms with Crippen LogP contribution in [0.25, 0.3) is 0 Å². The van der Waals surface area contributed by atoms with Gasteiger partial charge in [0.25, 0.3) is 0 Å². The number of rotatable bonds is 9. The molecule has 21 heavy (non-hydrogen) atoms. The molecule has 1 N–H and O–H groups in total. The lowest BCUT2D eigenvalue weighted by Crippen LogP contribution is -2.52. The second-order valence-corrected chi connectivity index (χ2v) is 7.75. The minimum Gasteiger partial charge on any atom is -0.377 e. The van der Waals surface area contributed by atoms with Crippen LogP contribution in [0.2, 0.25) is 0 Å². The van der Waals surface area contributed by atoms with Crippen molar-refractivity contribution in [2.45, 2.75) is 72.4 Å². The molecule has 3 nitrogen and oxygen atoms in total. The maximum absolute atomic E-state index is 5.68. The van der Waals surface area contributed by atoms with E-state index in [-0.39, 0.29) is 0 Å². The molecule has 1 fully saturated rings. The molecule has 2 atom stereocenters. The van der Waals surface area contributed by atoms with Gasteiger partial charge in [0.1, 0.15) is 0 Å². The summed E-state index contributed by atoms with van der Waals surface area (Å²) in [5.74, 6) is 0.768. The van der Waals surface area contributed by atoms with Crippen molar-refractivity contribution in [2.24, 2.45) is 11.3 Å². The Morgan fingerprint density at radius 2 is 2.05 bits per heavy atom. The van der Waals surface area contributed by atoms with Crippen molar-refractivity contribution in [1.82, 2.24) is 10.2 Å². The van der Waals surface area contributed by atoms with E-state index in [4.69, 9.17) is 4.74 Å². The van der Waals surface area contributed by atoms with E-state index < -0.39 is 0 Å². The van der Waals surface area contributed by atoms with Crippen molar-refractivity contribution >= 4 is 0 Å². The van der Waals surface area contributed by atoms with Gasteiger partial charge in [-0.1, -0.05) is 27.2 Å². The van der Waals surface area contributed by atoms with Crippen LogP contribution in [0.15, 0.2) is 0 Å². The van der Waals surface area contributed by atoms with Gasteiger partial charge >= 0.3 is 0 Å². The van der Waals surface area contributed by atoms with Crippen LogP contribution in [0, 0.1) is 11.3 Å². The van der Waals surface area contributed by atoms with Crippen LogP contribution in [0.5, 0.6) is 0 Å². The Bertz CT molecular complexity index is 278. The maximum atomic E-state index is 5.68. The van der Waals surface area contributed by atoms with E-state index in [1.807, 2.05) is 0 Å². The van der Waals surface area contributed by atoms with Crippen molar-refractivity contribution in [3.63, 3.8) is 0 Å². The molecule has 0 aromatic carbocycles. The number of hydrogen-bond acceptors (Lipinski definition) is 3. The third-order valence-electron chi connectivity index (χ3n) is 4.79. The van der Waals surface area contributed by atoms with E-state index in [1.165, 1.54) is 32.2 Å². The fraction of sp³-hybridized carbons (Fsp3) is 1.00. The number of likely N-dealkylation sites (N-methyl/N-ethyl adjacent to an activating group) is 1. The van der Waals surface area contributed by atoms with Crippen LogP contribution in [0.4, 0.5) is 0 Å². The zero-order valence-electron chi connectivity index (χ0n) is 15.2. The fourth-order valence-electron chi connectivity index (χ4n) is 3.66. The molecule has 1 aliphatic rings. The second-order valence-electron chi connectivity index (χ2n) is 7.75. The molecule has 0 spiro atoms. The Kier molecular flexibility index (Phi) is 8.22. The SMILES string of the molecule is CCCNC1C(CN(C)CCOC(C)C)CCCC1(C)C. The van der Waals surface area contributed by atoms with Crippen LogP contribution in [0.1, 0.15) is 60.3 Å². The minimum absolute atomic E-state index is 0.339. The van der Waals surface area contributed by atoms with Gasteiger partial charge in [-0.2, -0.15) is 0 Å². The molecule has 126 valence electrons. The maximum Gasteiger partial charge on any atom is 0.0596 e. The zero-order chi connectivity index (χ0) is 15.9.